The van der Waals surface area contributed by atoms with Crippen molar-refractivity contribution < 1.29 is 4.79 Å². The van der Waals surface area contributed by atoms with Gasteiger partial charge in [-0.05, 0) is 54.7 Å². The van der Waals surface area contributed by atoms with E-state index in [2.05, 4.69) is 33.4 Å². The van der Waals surface area contributed by atoms with Crippen LogP contribution >= 0.6 is 0 Å². The molecule has 0 unspecified atom stereocenters. The fraction of sp³-hybridized carbons (Fsp3) is 0.350. The van der Waals surface area contributed by atoms with Crippen molar-refractivity contribution in [2.24, 2.45) is 0 Å². The number of aromatic nitrogens is 1. The van der Waals surface area contributed by atoms with Gasteiger partial charge in [0.25, 0.3) is 0 Å². The zero-order valence-electron chi connectivity index (χ0n) is 14.6. The number of pyridine rings is 1. The minimum atomic E-state index is -0.0459. The van der Waals surface area contributed by atoms with Crippen LogP contribution in [0, 0.1) is 11.3 Å². The van der Waals surface area contributed by atoms with Crippen LogP contribution in [0.2, 0.25) is 0 Å². The van der Waals surface area contributed by atoms with Crippen molar-refractivity contribution in [3.8, 4) is 6.07 Å². The van der Waals surface area contributed by atoms with E-state index in [0.29, 0.717) is 18.7 Å². The van der Waals surface area contributed by atoms with Crippen molar-refractivity contribution in [2.45, 2.75) is 19.3 Å². The average molecular weight is 347 g/mol. The molecule has 2 aromatic rings. The number of benzene rings is 1. The lowest BCUT2D eigenvalue weighted by Crippen LogP contribution is -2.50. The molecule has 26 heavy (non-hydrogen) atoms. The summed E-state index contributed by atoms with van der Waals surface area (Å²) in [7, 11) is 0. The number of amides is 2. The van der Waals surface area contributed by atoms with E-state index in [1.54, 1.807) is 12.3 Å². The van der Waals surface area contributed by atoms with Gasteiger partial charge in [0.2, 0.25) is 0 Å². The first-order valence-corrected chi connectivity index (χ1v) is 9.02. The summed E-state index contributed by atoms with van der Waals surface area (Å²) in [5, 5.41) is 11.9. The number of nitrogens with zero attached hydrogens (tertiary/aromatic N) is 4. The lowest BCUT2D eigenvalue weighted by atomic mass is 10.1. The molecule has 0 saturated carbocycles. The number of piperazine rings is 1. The third-order valence-electron chi connectivity index (χ3n) is 5.12. The van der Waals surface area contributed by atoms with Gasteiger partial charge in [0, 0.05) is 38.1 Å². The number of nitrogens with one attached hydrogen (secondary N) is 1. The normalized spacial score (nSPS) is 16.1. The Bertz CT molecular complexity index is 847. The largest absolute Gasteiger partial charge is 0.353 e. The molecule has 1 N–H and O–H groups in total. The van der Waals surface area contributed by atoms with Crippen molar-refractivity contribution in [3.05, 3.63) is 53.2 Å². The quantitative estimate of drug-likeness (QED) is 0.907. The zero-order valence-corrected chi connectivity index (χ0v) is 14.6. The Balaban J connectivity index is 1.34. The van der Waals surface area contributed by atoms with Crippen LogP contribution in [-0.4, -0.2) is 42.1 Å². The molecular formula is C20H21N5O. The van der Waals surface area contributed by atoms with Gasteiger partial charge in [-0.25, -0.2) is 9.78 Å². The van der Waals surface area contributed by atoms with Crippen molar-refractivity contribution >= 4 is 17.5 Å². The summed E-state index contributed by atoms with van der Waals surface area (Å²) in [6, 6.07) is 11.9. The van der Waals surface area contributed by atoms with Gasteiger partial charge in [-0.3, -0.25) is 0 Å². The van der Waals surface area contributed by atoms with Crippen LogP contribution in [0.5, 0.6) is 0 Å². The maximum absolute atomic E-state index is 12.5. The first kappa shape index (κ1) is 16.4. The van der Waals surface area contributed by atoms with E-state index in [0.717, 1.165) is 37.4 Å². The van der Waals surface area contributed by atoms with Crippen LogP contribution in [0.15, 0.2) is 36.5 Å². The second-order valence-electron chi connectivity index (χ2n) is 6.76. The summed E-state index contributed by atoms with van der Waals surface area (Å²) >= 11 is 0. The fourth-order valence-electron chi connectivity index (χ4n) is 3.63. The first-order valence-electron chi connectivity index (χ1n) is 9.02. The van der Waals surface area contributed by atoms with Crippen molar-refractivity contribution in [1.82, 2.24) is 9.88 Å². The number of anilines is 2. The number of carbonyl (C=O) groups is 1. The Kier molecular flexibility index (Phi) is 4.44. The molecule has 1 fully saturated rings. The molecule has 1 aliphatic heterocycles. The van der Waals surface area contributed by atoms with Crippen molar-refractivity contribution in [2.75, 3.05) is 36.4 Å². The Morgan fingerprint density at radius 3 is 2.62 bits per heavy atom. The number of aryl methyl sites for hydroxylation is 2. The molecule has 2 heterocycles. The highest BCUT2D eigenvalue weighted by Gasteiger charge is 2.22. The third-order valence-corrected chi connectivity index (χ3v) is 5.12. The third kappa shape index (κ3) is 3.33. The van der Waals surface area contributed by atoms with E-state index in [1.807, 2.05) is 17.0 Å². The number of hydrogen-bond acceptors (Lipinski definition) is 4. The van der Waals surface area contributed by atoms with Gasteiger partial charge in [0.1, 0.15) is 11.9 Å². The minimum Gasteiger partial charge on any atom is -0.353 e. The predicted octanol–water partition coefficient (Wildman–Crippen LogP) is 2.80. The smallest absolute Gasteiger partial charge is 0.321 e. The standard InChI is InChI=1S/C20H21N5O/c21-13-15-4-7-19(22-14-15)24-8-10-25(11-9-24)20(26)23-18-6-5-16-2-1-3-17(16)12-18/h4-7,12,14H,1-3,8-11H2,(H,23,26). The molecule has 2 aliphatic rings. The number of hydrogen-bond donors (Lipinski definition) is 1. The fourth-order valence-corrected chi connectivity index (χ4v) is 3.63. The molecular weight excluding hydrogens is 326 g/mol. The highest BCUT2D eigenvalue weighted by Crippen LogP contribution is 2.25. The first-order chi connectivity index (χ1) is 12.7. The lowest BCUT2D eigenvalue weighted by molar-refractivity contribution is 0.208. The summed E-state index contributed by atoms with van der Waals surface area (Å²) in [6.07, 6.45) is 5.05. The highest BCUT2D eigenvalue weighted by atomic mass is 16.2. The van der Waals surface area contributed by atoms with Gasteiger partial charge >= 0.3 is 6.03 Å². The molecule has 1 aliphatic carbocycles. The Labute approximate surface area is 153 Å². The van der Waals surface area contributed by atoms with Crippen LogP contribution in [-0.2, 0) is 12.8 Å². The second kappa shape index (κ2) is 7.04. The van der Waals surface area contributed by atoms with E-state index in [-0.39, 0.29) is 6.03 Å². The van der Waals surface area contributed by atoms with Crippen LogP contribution in [0.4, 0.5) is 16.3 Å². The second-order valence-corrected chi connectivity index (χ2v) is 6.76. The average Bonchev–Trinajstić information content (AvgIpc) is 3.16. The van der Waals surface area contributed by atoms with Gasteiger partial charge in [0.05, 0.1) is 5.56 Å². The molecule has 6 heteroatoms. The monoisotopic (exact) mass is 347 g/mol. The van der Waals surface area contributed by atoms with Crippen molar-refractivity contribution in [3.63, 3.8) is 0 Å². The van der Waals surface area contributed by atoms with E-state index in [4.69, 9.17) is 5.26 Å². The molecule has 6 nitrogen and oxygen atoms in total. The highest BCUT2D eigenvalue weighted by molar-refractivity contribution is 5.89. The van der Waals surface area contributed by atoms with Gasteiger partial charge in [-0.1, -0.05) is 6.07 Å². The predicted molar refractivity (Wildman–Crippen MR) is 100 cm³/mol. The van der Waals surface area contributed by atoms with E-state index < -0.39 is 0 Å². The van der Waals surface area contributed by atoms with Crippen LogP contribution in [0.1, 0.15) is 23.1 Å². The van der Waals surface area contributed by atoms with E-state index in [9.17, 15) is 4.79 Å². The maximum atomic E-state index is 12.5. The molecule has 0 radical (unpaired) electrons. The van der Waals surface area contributed by atoms with Gasteiger partial charge in [-0.2, -0.15) is 5.26 Å². The summed E-state index contributed by atoms with van der Waals surface area (Å²) in [5.41, 5.74) is 4.21. The molecule has 1 saturated heterocycles. The number of urea groups is 1. The lowest BCUT2D eigenvalue weighted by Gasteiger charge is -2.35. The Hall–Kier alpha value is -3.07. The van der Waals surface area contributed by atoms with Gasteiger partial charge in [-0.15, -0.1) is 0 Å². The molecule has 1 aromatic heterocycles. The number of rotatable bonds is 2. The SMILES string of the molecule is N#Cc1ccc(N2CCN(C(=O)Nc3ccc4c(c3)CCC4)CC2)nc1. The maximum Gasteiger partial charge on any atom is 0.321 e. The summed E-state index contributed by atoms with van der Waals surface area (Å²) in [5.74, 6) is 0.850. The summed E-state index contributed by atoms with van der Waals surface area (Å²) in [4.78, 5) is 20.8. The number of nitriles is 1. The summed E-state index contributed by atoms with van der Waals surface area (Å²) < 4.78 is 0. The number of carbonyl (C=O) groups excluding carboxylic acids is 1. The molecule has 4 rings (SSSR count). The topological polar surface area (TPSA) is 72.3 Å². The van der Waals surface area contributed by atoms with E-state index in [1.165, 1.54) is 17.5 Å². The number of fused-ring (bicyclic) bond motifs is 1. The zero-order chi connectivity index (χ0) is 17.9. The van der Waals surface area contributed by atoms with E-state index >= 15 is 0 Å². The molecule has 132 valence electrons. The molecule has 1 aromatic carbocycles. The van der Waals surface area contributed by atoms with Gasteiger partial charge < -0.3 is 15.1 Å². The van der Waals surface area contributed by atoms with Crippen molar-refractivity contribution in [1.29, 1.82) is 5.26 Å². The minimum absolute atomic E-state index is 0.0459. The Morgan fingerprint density at radius 2 is 1.88 bits per heavy atom. The van der Waals surface area contributed by atoms with Crippen LogP contribution < -0.4 is 10.2 Å². The molecule has 0 spiro atoms. The van der Waals surface area contributed by atoms with Crippen LogP contribution in [0.25, 0.3) is 0 Å². The van der Waals surface area contributed by atoms with Gasteiger partial charge in [0.15, 0.2) is 0 Å². The molecule has 0 atom stereocenters. The van der Waals surface area contributed by atoms with Crippen LogP contribution in [0.3, 0.4) is 0 Å². The summed E-state index contributed by atoms with van der Waals surface area (Å²) in [6.45, 7) is 2.77. The molecule has 0 bridgehead atoms. The molecule has 2 amide bonds. The Morgan fingerprint density at radius 1 is 1.08 bits per heavy atom.